The van der Waals surface area contributed by atoms with E-state index in [0.29, 0.717) is 12.5 Å². The number of carbonyl (C=O) groups is 1. The van der Waals surface area contributed by atoms with Gasteiger partial charge in [0.05, 0.1) is 11.1 Å². The largest absolute Gasteiger partial charge is 0.478 e. The van der Waals surface area contributed by atoms with Crippen LogP contribution in [-0.2, 0) is 13.7 Å². The van der Waals surface area contributed by atoms with E-state index in [4.69, 9.17) is 9.84 Å². The summed E-state index contributed by atoms with van der Waals surface area (Å²) in [5.74, 6) is -0.414. The van der Waals surface area contributed by atoms with Crippen LogP contribution >= 0.6 is 0 Å². The first-order chi connectivity index (χ1) is 11.1. The van der Waals surface area contributed by atoms with E-state index < -0.39 is 5.97 Å². The van der Waals surface area contributed by atoms with E-state index in [1.807, 2.05) is 25.4 Å². The van der Waals surface area contributed by atoms with E-state index >= 15 is 0 Å². The highest BCUT2D eigenvalue weighted by molar-refractivity contribution is 5.87. The molecule has 0 atom stereocenters. The van der Waals surface area contributed by atoms with Gasteiger partial charge in [0.25, 0.3) is 0 Å². The van der Waals surface area contributed by atoms with Crippen LogP contribution in [0.15, 0.2) is 55.0 Å². The predicted molar refractivity (Wildman–Crippen MR) is 84.2 cm³/mol. The summed E-state index contributed by atoms with van der Waals surface area (Å²) >= 11 is 0. The standard InChI is InChI=1S/C17H15N3O3/c1-20-10-15(13-6-8-18-9-7-13)16(19-20)23-11-12-2-4-14(5-3-12)17(21)22/h2-10H,11H2,1H3,(H,21,22). The van der Waals surface area contributed by atoms with E-state index in [1.165, 1.54) is 0 Å². The summed E-state index contributed by atoms with van der Waals surface area (Å²) in [6, 6.07) is 10.4. The van der Waals surface area contributed by atoms with E-state index in [1.54, 1.807) is 41.3 Å². The third-order valence-corrected chi connectivity index (χ3v) is 3.36. The maximum Gasteiger partial charge on any atom is 0.335 e. The molecule has 1 N–H and O–H groups in total. The molecule has 0 saturated carbocycles. The Morgan fingerprint density at radius 1 is 1.17 bits per heavy atom. The van der Waals surface area contributed by atoms with Crippen molar-refractivity contribution in [3.05, 3.63) is 66.1 Å². The van der Waals surface area contributed by atoms with Crippen molar-refractivity contribution in [2.45, 2.75) is 6.61 Å². The first kappa shape index (κ1) is 14.8. The number of nitrogens with zero attached hydrogens (tertiary/aromatic N) is 3. The highest BCUT2D eigenvalue weighted by Crippen LogP contribution is 2.28. The summed E-state index contributed by atoms with van der Waals surface area (Å²) in [4.78, 5) is 14.9. The fraction of sp³-hybridized carbons (Fsp3) is 0.118. The minimum Gasteiger partial charge on any atom is -0.478 e. The molecule has 23 heavy (non-hydrogen) atoms. The molecule has 0 aliphatic carbocycles. The maximum absolute atomic E-state index is 10.8. The molecule has 3 rings (SSSR count). The second-order valence-corrected chi connectivity index (χ2v) is 5.05. The molecule has 0 saturated heterocycles. The Morgan fingerprint density at radius 2 is 1.87 bits per heavy atom. The van der Waals surface area contributed by atoms with Crippen molar-refractivity contribution in [2.24, 2.45) is 7.05 Å². The molecule has 1 aromatic carbocycles. The molecule has 0 spiro atoms. The topological polar surface area (TPSA) is 77.2 Å². The van der Waals surface area contributed by atoms with Gasteiger partial charge in [0.15, 0.2) is 0 Å². The van der Waals surface area contributed by atoms with Crippen LogP contribution in [0.3, 0.4) is 0 Å². The van der Waals surface area contributed by atoms with Gasteiger partial charge in [-0.25, -0.2) is 4.79 Å². The number of hydrogen-bond acceptors (Lipinski definition) is 4. The number of aromatic nitrogens is 3. The molecule has 0 unspecified atom stereocenters. The van der Waals surface area contributed by atoms with Gasteiger partial charge in [-0.1, -0.05) is 12.1 Å². The smallest absolute Gasteiger partial charge is 0.335 e. The molecule has 0 amide bonds. The molecule has 0 fully saturated rings. The minimum atomic E-state index is -0.942. The van der Waals surface area contributed by atoms with Crippen molar-refractivity contribution >= 4 is 5.97 Å². The number of rotatable bonds is 5. The Labute approximate surface area is 133 Å². The predicted octanol–water partition coefficient (Wildman–Crippen LogP) is 2.76. The zero-order valence-corrected chi connectivity index (χ0v) is 12.5. The van der Waals surface area contributed by atoms with Crippen LogP contribution in [0.4, 0.5) is 0 Å². The summed E-state index contributed by atoms with van der Waals surface area (Å²) in [6.07, 6.45) is 5.33. The average molecular weight is 309 g/mol. The van der Waals surface area contributed by atoms with Gasteiger partial charge < -0.3 is 9.84 Å². The highest BCUT2D eigenvalue weighted by Gasteiger charge is 2.11. The first-order valence-electron chi connectivity index (χ1n) is 7.02. The number of carboxylic acids is 1. The van der Waals surface area contributed by atoms with Crippen molar-refractivity contribution in [1.82, 2.24) is 14.8 Å². The fourth-order valence-electron chi connectivity index (χ4n) is 2.20. The Bertz CT molecular complexity index is 811. The van der Waals surface area contributed by atoms with E-state index in [9.17, 15) is 4.79 Å². The summed E-state index contributed by atoms with van der Waals surface area (Å²) < 4.78 is 7.49. The Hall–Kier alpha value is -3.15. The van der Waals surface area contributed by atoms with E-state index in [2.05, 4.69) is 10.1 Å². The summed E-state index contributed by atoms with van der Waals surface area (Å²) in [6.45, 7) is 0.314. The van der Waals surface area contributed by atoms with Crippen LogP contribution in [0.1, 0.15) is 15.9 Å². The van der Waals surface area contributed by atoms with Gasteiger partial charge in [-0.05, 0) is 35.4 Å². The van der Waals surface area contributed by atoms with E-state index in [-0.39, 0.29) is 5.56 Å². The molecular weight excluding hydrogens is 294 g/mol. The zero-order valence-electron chi connectivity index (χ0n) is 12.5. The van der Waals surface area contributed by atoms with Gasteiger partial charge in [0.2, 0.25) is 5.88 Å². The van der Waals surface area contributed by atoms with Gasteiger partial charge in [-0.3, -0.25) is 9.67 Å². The lowest BCUT2D eigenvalue weighted by atomic mass is 10.1. The molecule has 0 bridgehead atoms. The van der Waals surface area contributed by atoms with Crippen molar-refractivity contribution < 1.29 is 14.6 Å². The number of hydrogen-bond donors (Lipinski definition) is 1. The molecule has 2 aromatic heterocycles. The number of aryl methyl sites for hydroxylation is 1. The molecule has 2 heterocycles. The van der Waals surface area contributed by atoms with Gasteiger partial charge in [0.1, 0.15) is 6.61 Å². The number of carboxylic acid groups (broad SMARTS) is 1. The lowest BCUT2D eigenvalue weighted by Crippen LogP contribution is -2.00. The molecule has 6 nitrogen and oxygen atoms in total. The zero-order chi connectivity index (χ0) is 16.2. The number of pyridine rings is 1. The molecule has 0 aliphatic heterocycles. The van der Waals surface area contributed by atoms with Crippen LogP contribution in [0, 0.1) is 0 Å². The van der Waals surface area contributed by atoms with Crippen LogP contribution in [0.5, 0.6) is 5.88 Å². The second kappa shape index (κ2) is 6.31. The van der Waals surface area contributed by atoms with Gasteiger partial charge in [-0.2, -0.15) is 0 Å². The van der Waals surface area contributed by atoms with Crippen molar-refractivity contribution in [2.75, 3.05) is 0 Å². The lowest BCUT2D eigenvalue weighted by Gasteiger charge is -2.06. The van der Waals surface area contributed by atoms with Crippen LogP contribution in [-0.4, -0.2) is 25.8 Å². The quantitative estimate of drug-likeness (QED) is 0.784. The third-order valence-electron chi connectivity index (χ3n) is 3.36. The number of benzene rings is 1. The number of aromatic carboxylic acids is 1. The monoisotopic (exact) mass is 309 g/mol. The molecule has 0 aliphatic rings. The SMILES string of the molecule is Cn1cc(-c2ccncc2)c(OCc2ccc(C(=O)O)cc2)n1. The molecule has 0 radical (unpaired) electrons. The van der Waals surface area contributed by atoms with Crippen molar-refractivity contribution in [3.8, 4) is 17.0 Å². The van der Waals surface area contributed by atoms with Crippen LogP contribution < -0.4 is 4.74 Å². The van der Waals surface area contributed by atoms with Gasteiger partial charge in [-0.15, -0.1) is 5.10 Å². The minimum absolute atomic E-state index is 0.254. The fourth-order valence-corrected chi connectivity index (χ4v) is 2.20. The van der Waals surface area contributed by atoms with Gasteiger partial charge in [0, 0.05) is 25.6 Å². The van der Waals surface area contributed by atoms with Crippen molar-refractivity contribution in [1.29, 1.82) is 0 Å². The van der Waals surface area contributed by atoms with E-state index in [0.717, 1.165) is 16.7 Å². The molecule has 6 heteroatoms. The first-order valence-corrected chi connectivity index (χ1v) is 7.02. The Balaban J connectivity index is 1.77. The second-order valence-electron chi connectivity index (χ2n) is 5.05. The number of ether oxygens (including phenoxy) is 1. The highest BCUT2D eigenvalue weighted by atomic mass is 16.5. The normalized spacial score (nSPS) is 10.5. The van der Waals surface area contributed by atoms with Crippen LogP contribution in [0.25, 0.3) is 11.1 Å². The van der Waals surface area contributed by atoms with Crippen LogP contribution in [0.2, 0.25) is 0 Å². The lowest BCUT2D eigenvalue weighted by molar-refractivity contribution is 0.0697. The van der Waals surface area contributed by atoms with Crippen molar-refractivity contribution in [3.63, 3.8) is 0 Å². The molecule has 3 aromatic rings. The summed E-state index contributed by atoms with van der Waals surface area (Å²) in [5, 5.41) is 13.2. The average Bonchev–Trinajstić information content (AvgIpc) is 2.95. The summed E-state index contributed by atoms with van der Waals surface area (Å²) in [5.41, 5.74) is 2.99. The molecular formula is C17H15N3O3. The maximum atomic E-state index is 10.8. The Kier molecular flexibility index (Phi) is 4.05. The molecule has 116 valence electrons. The van der Waals surface area contributed by atoms with Gasteiger partial charge >= 0.3 is 5.97 Å². The Morgan fingerprint density at radius 3 is 2.52 bits per heavy atom. The summed E-state index contributed by atoms with van der Waals surface area (Å²) in [7, 11) is 1.83. The third kappa shape index (κ3) is 3.37.